The fraction of sp³-hybridized carbons (Fsp3) is 0. The summed E-state index contributed by atoms with van der Waals surface area (Å²) >= 11 is 5.64. The largest absolute Gasteiger partial charge is 0.397 e. The minimum Gasteiger partial charge on any atom is -0.397 e. The highest BCUT2D eigenvalue weighted by Crippen LogP contribution is 2.27. The molecule has 0 amide bonds. The molecule has 1 aromatic rings. The summed E-state index contributed by atoms with van der Waals surface area (Å²) in [7, 11) is 0. The average molecular weight is 201 g/mol. The first kappa shape index (κ1) is 9.47. The zero-order chi connectivity index (χ0) is 10.0. The highest BCUT2D eigenvalue weighted by molar-refractivity contribution is 6.33. The van der Waals surface area contributed by atoms with Gasteiger partial charge in [0.15, 0.2) is 6.21 Å². The SMILES string of the molecule is Nc1c(Cl)cc([N+](=O)[O-])cc1C=[NH2+]. The van der Waals surface area contributed by atoms with Crippen molar-refractivity contribution in [2.45, 2.75) is 0 Å². The summed E-state index contributed by atoms with van der Waals surface area (Å²) < 4.78 is 0. The first-order valence-electron chi connectivity index (χ1n) is 3.34. The number of benzene rings is 1. The van der Waals surface area contributed by atoms with Crippen LogP contribution in [-0.4, -0.2) is 11.1 Å². The molecule has 1 rings (SSSR count). The van der Waals surface area contributed by atoms with Gasteiger partial charge in [-0.3, -0.25) is 15.5 Å². The smallest absolute Gasteiger partial charge is 0.271 e. The molecule has 0 aliphatic heterocycles. The van der Waals surface area contributed by atoms with Crippen molar-refractivity contribution < 1.29 is 10.3 Å². The van der Waals surface area contributed by atoms with Crippen molar-refractivity contribution in [2.75, 3.05) is 5.73 Å². The van der Waals surface area contributed by atoms with Gasteiger partial charge in [-0.15, -0.1) is 0 Å². The number of anilines is 1. The highest BCUT2D eigenvalue weighted by Gasteiger charge is 2.13. The summed E-state index contributed by atoms with van der Waals surface area (Å²) in [6.45, 7) is 0. The number of nitro benzene ring substituents is 1. The molecule has 0 heterocycles. The van der Waals surface area contributed by atoms with E-state index in [1.165, 1.54) is 18.3 Å². The second-order valence-electron chi connectivity index (χ2n) is 2.35. The zero-order valence-electron chi connectivity index (χ0n) is 6.53. The van der Waals surface area contributed by atoms with Crippen LogP contribution < -0.4 is 11.1 Å². The van der Waals surface area contributed by atoms with Gasteiger partial charge >= 0.3 is 0 Å². The van der Waals surface area contributed by atoms with Gasteiger partial charge in [-0.05, 0) is 0 Å². The van der Waals surface area contributed by atoms with E-state index in [0.29, 0.717) is 5.56 Å². The number of hydrogen-bond acceptors (Lipinski definition) is 3. The Hall–Kier alpha value is -1.62. The monoisotopic (exact) mass is 200 g/mol. The Morgan fingerprint density at radius 1 is 1.62 bits per heavy atom. The van der Waals surface area contributed by atoms with E-state index in [0.717, 1.165) is 0 Å². The van der Waals surface area contributed by atoms with Crippen LogP contribution >= 0.6 is 11.6 Å². The van der Waals surface area contributed by atoms with Crippen LogP contribution in [0.4, 0.5) is 11.4 Å². The predicted octanol–water partition coefficient (Wildman–Crippen LogP) is 0.00840. The van der Waals surface area contributed by atoms with E-state index in [2.05, 4.69) is 0 Å². The molecule has 0 saturated heterocycles. The molecule has 0 unspecified atom stereocenters. The number of hydrogen-bond donors (Lipinski definition) is 2. The van der Waals surface area contributed by atoms with Gasteiger partial charge in [0.1, 0.15) is 0 Å². The van der Waals surface area contributed by atoms with Crippen LogP contribution in [0.25, 0.3) is 0 Å². The first-order chi connectivity index (χ1) is 6.06. The number of rotatable bonds is 2. The number of nitrogen functional groups attached to an aromatic ring is 1. The van der Waals surface area contributed by atoms with E-state index in [-0.39, 0.29) is 16.4 Å². The second kappa shape index (κ2) is 3.40. The Morgan fingerprint density at radius 3 is 2.69 bits per heavy atom. The van der Waals surface area contributed by atoms with Gasteiger partial charge in [0.05, 0.1) is 21.2 Å². The molecule has 1 aromatic carbocycles. The van der Waals surface area contributed by atoms with Crippen molar-refractivity contribution >= 4 is 29.2 Å². The predicted molar refractivity (Wildman–Crippen MR) is 49.6 cm³/mol. The van der Waals surface area contributed by atoms with E-state index >= 15 is 0 Å². The summed E-state index contributed by atoms with van der Waals surface area (Å²) in [5, 5.41) is 15.7. The molecule has 0 aliphatic rings. The third-order valence-corrected chi connectivity index (χ3v) is 1.85. The molecule has 6 heteroatoms. The highest BCUT2D eigenvalue weighted by atomic mass is 35.5. The standard InChI is InChI=1S/C7H6ClN3O2/c8-6-2-5(11(12)13)1-4(3-9)7(6)10/h1-3,9H,10H2/p+1. The Morgan fingerprint density at radius 2 is 2.23 bits per heavy atom. The lowest BCUT2D eigenvalue weighted by Gasteiger charge is -1.99. The van der Waals surface area contributed by atoms with Crippen LogP contribution in [0.5, 0.6) is 0 Å². The maximum Gasteiger partial charge on any atom is 0.271 e. The van der Waals surface area contributed by atoms with E-state index in [1.54, 1.807) is 0 Å². The van der Waals surface area contributed by atoms with Gasteiger partial charge in [-0.1, -0.05) is 11.6 Å². The molecular formula is C7H7ClN3O2+. The minimum atomic E-state index is -0.557. The number of nitro groups is 1. The van der Waals surface area contributed by atoms with Crippen LogP contribution in [0.3, 0.4) is 0 Å². The molecule has 0 spiro atoms. The van der Waals surface area contributed by atoms with Gasteiger partial charge in [-0.2, -0.15) is 0 Å². The van der Waals surface area contributed by atoms with Crippen molar-refractivity contribution in [1.29, 1.82) is 0 Å². The molecule has 0 saturated carbocycles. The maximum atomic E-state index is 10.4. The van der Waals surface area contributed by atoms with Crippen molar-refractivity contribution in [2.24, 2.45) is 0 Å². The van der Waals surface area contributed by atoms with E-state index < -0.39 is 4.92 Å². The quantitative estimate of drug-likeness (QED) is 0.305. The third-order valence-electron chi connectivity index (χ3n) is 1.54. The van der Waals surface area contributed by atoms with Crippen molar-refractivity contribution in [3.63, 3.8) is 0 Å². The van der Waals surface area contributed by atoms with Crippen LogP contribution in [0.2, 0.25) is 5.02 Å². The lowest BCUT2D eigenvalue weighted by molar-refractivity contribution is -0.384. The molecule has 5 nitrogen and oxygen atoms in total. The molecule has 0 aliphatic carbocycles. The van der Waals surface area contributed by atoms with E-state index in [4.69, 9.17) is 22.7 Å². The number of nitrogens with zero attached hydrogens (tertiary/aromatic N) is 1. The van der Waals surface area contributed by atoms with Gasteiger partial charge < -0.3 is 5.73 Å². The Labute approximate surface area is 78.8 Å². The van der Waals surface area contributed by atoms with Gasteiger partial charge in [0.2, 0.25) is 0 Å². The van der Waals surface area contributed by atoms with Crippen LogP contribution in [0.15, 0.2) is 12.1 Å². The normalized spacial score (nSPS) is 9.62. The Kier molecular flexibility index (Phi) is 2.48. The van der Waals surface area contributed by atoms with Crippen molar-refractivity contribution in [3.05, 3.63) is 32.8 Å². The molecular weight excluding hydrogens is 194 g/mol. The maximum absolute atomic E-state index is 10.4. The fourth-order valence-electron chi connectivity index (χ4n) is 0.868. The summed E-state index contributed by atoms with van der Waals surface area (Å²) in [6, 6.07) is 2.45. The molecule has 0 bridgehead atoms. The van der Waals surface area contributed by atoms with Gasteiger partial charge in [0, 0.05) is 12.1 Å². The molecule has 68 valence electrons. The van der Waals surface area contributed by atoms with Crippen molar-refractivity contribution in [3.8, 4) is 0 Å². The number of non-ortho nitro benzene ring substituents is 1. The molecule has 4 N–H and O–H groups in total. The molecule has 0 atom stereocenters. The molecule has 0 fully saturated rings. The summed E-state index contributed by atoms with van der Waals surface area (Å²) in [5.41, 5.74) is 5.97. The van der Waals surface area contributed by atoms with Crippen LogP contribution in [-0.2, 0) is 0 Å². The summed E-state index contributed by atoms with van der Waals surface area (Å²) in [4.78, 5) is 9.83. The van der Waals surface area contributed by atoms with Gasteiger partial charge in [0.25, 0.3) is 5.69 Å². The molecule has 0 aromatic heterocycles. The molecule has 13 heavy (non-hydrogen) atoms. The number of halogens is 1. The second-order valence-corrected chi connectivity index (χ2v) is 2.76. The van der Waals surface area contributed by atoms with Crippen LogP contribution in [0, 0.1) is 10.1 Å². The molecule has 0 radical (unpaired) electrons. The topological polar surface area (TPSA) is 94.8 Å². The Balaban J connectivity index is 3.38. The zero-order valence-corrected chi connectivity index (χ0v) is 7.28. The van der Waals surface area contributed by atoms with E-state index in [9.17, 15) is 10.1 Å². The van der Waals surface area contributed by atoms with E-state index in [1.807, 2.05) is 0 Å². The lowest BCUT2D eigenvalue weighted by Crippen LogP contribution is -2.30. The summed E-state index contributed by atoms with van der Waals surface area (Å²) in [6.07, 6.45) is 1.17. The Bertz CT molecular complexity index is 378. The lowest BCUT2D eigenvalue weighted by atomic mass is 10.2. The van der Waals surface area contributed by atoms with Crippen LogP contribution in [0.1, 0.15) is 5.56 Å². The third kappa shape index (κ3) is 1.75. The first-order valence-corrected chi connectivity index (χ1v) is 3.72. The minimum absolute atomic E-state index is 0.129. The number of nitrogens with two attached hydrogens (primary N) is 2. The fourth-order valence-corrected chi connectivity index (χ4v) is 1.09. The average Bonchev–Trinajstić information content (AvgIpc) is 2.09. The van der Waals surface area contributed by atoms with Gasteiger partial charge in [-0.25, -0.2) is 0 Å². The van der Waals surface area contributed by atoms with Crippen molar-refractivity contribution in [1.82, 2.24) is 0 Å². The summed E-state index contributed by atoms with van der Waals surface area (Å²) in [5.74, 6) is 0.